The molecule has 1 aliphatic rings. The van der Waals surface area contributed by atoms with E-state index >= 15 is 0 Å². The lowest BCUT2D eigenvalue weighted by molar-refractivity contribution is 0.0403. The van der Waals surface area contributed by atoms with Gasteiger partial charge in [0.1, 0.15) is 5.82 Å². The Balaban J connectivity index is 2.49. The molecule has 1 aromatic rings. The molecule has 0 saturated heterocycles. The van der Waals surface area contributed by atoms with Crippen LogP contribution in [0.4, 0.5) is 4.39 Å². The third-order valence-corrected chi connectivity index (χ3v) is 4.42. The minimum absolute atomic E-state index is 0.357. The molecule has 1 N–H and O–H groups in total. The number of rotatable bonds is 2. The van der Waals surface area contributed by atoms with Gasteiger partial charge in [-0.3, -0.25) is 0 Å². The normalized spacial score (nSPS) is 19.0. The Labute approximate surface area is 104 Å². The maximum Gasteiger partial charge on any atom is 0.144 e. The monoisotopic (exact) mass is 260 g/mol. The molecule has 88 valence electrons. The Kier molecular flexibility index (Phi) is 3.48. The molecule has 0 aliphatic heterocycles. The predicted molar refractivity (Wildman–Crippen MR) is 65.6 cm³/mol. The zero-order chi connectivity index (χ0) is 11.8. The molecule has 0 radical (unpaired) electrons. The molecule has 0 unspecified atom stereocenters. The number of hydrogen-bond donors (Lipinski definition) is 1. The van der Waals surface area contributed by atoms with Gasteiger partial charge in [0.25, 0.3) is 0 Å². The Bertz CT molecular complexity index is 402. The van der Waals surface area contributed by atoms with Gasteiger partial charge in [0.2, 0.25) is 0 Å². The van der Waals surface area contributed by atoms with Gasteiger partial charge < -0.3 is 5.11 Å². The van der Waals surface area contributed by atoms with Crippen LogP contribution in [0.5, 0.6) is 0 Å². The molecule has 1 nitrogen and oxygen atoms in total. The molecule has 16 heavy (non-hydrogen) atoms. The Hall–Kier alpha value is -0.250. The van der Waals surface area contributed by atoms with Crippen LogP contribution in [0.3, 0.4) is 0 Å². The summed E-state index contributed by atoms with van der Waals surface area (Å²) >= 11 is 7.19. The lowest BCUT2D eigenvalue weighted by Crippen LogP contribution is -2.22. The van der Waals surface area contributed by atoms with Crippen LogP contribution in [-0.2, 0) is 5.60 Å². The van der Waals surface area contributed by atoms with Crippen molar-refractivity contribution in [2.45, 2.75) is 36.2 Å². The second kappa shape index (κ2) is 4.55. The van der Waals surface area contributed by atoms with Crippen LogP contribution in [0.25, 0.3) is 0 Å². The van der Waals surface area contributed by atoms with Crippen molar-refractivity contribution in [2.24, 2.45) is 0 Å². The van der Waals surface area contributed by atoms with Gasteiger partial charge in [0.15, 0.2) is 0 Å². The first-order valence-corrected chi connectivity index (χ1v) is 6.93. The molecule has 0 atom stereocenters. The van der Waals surface area contributed by atoms with Gasteiger partial charge in [-0.15, -0.1) is 11.8 Å². The standard InChI is InChI=1S/C12H14ClFOS/c1-16-11-9(13)5-4-8(10(11)14)12(15)6-2-3-7-12/h4-5,15H,2-3,6-7H2,1H3. The van der Waals surface area contributed by atoms with E-state index in [0.717, 1.165) is 12.8 Å². The van der Waals surface area contributed by atoms with Crippen molar-refractivity contribution in [3.8, 4) is 0 Å². The summed E-state index contributed by atoms with van der Waals surface area (Å²) in [5, 5.41) is 10.8. The van der Waals surface area contributed by atoms with E-state index in [4.69, 9.17) is 11.6 Å². The van der Waals surface area contributed by atoms with Crippen molar-refractivity contribution in [1.82, 2.24) is 0 Å². The fourth-order valence-electron chi connectivity index (χ4n) is 2.31. The summed E-state index contributed by atoms with van der Waals surface area (Å²) in [6, 6.07) is 3.28. The third kappa shape index (κ3) is 1.96. The molecule has 1 aliphatic carbocycles. The first-order chi connectivity index (χ1) is 7.58. The largest absolute Gasteiger partial charge is 0.385 e. The van der Waals surface area contributed by atoms with Crippen molar-refractivity contribution in [3.63, 3.8) is 0 Å². The average molecular weight is 261 g/mol. The molecule has 0 aromatic heterocycles. The van der Waals surface area contributed by atoms with Crippen LogP contribution in [0.2, 0.25) is 5.02 Å². The number of benzene rings is 1. The van der Waals surface area contributed by atoms with Crippen molar-refractivity contribution < 1.29 is 9.50 Å². The molecule has 1 saturated carbocycles. The second-order valence-electron chi connectivity index (χ2n) is 4.18. The molecular formula is C12H14ClFOS. The molecule has 1 aromatic carbocycles. The molecular weight excluding hydrogens is 247 g/mol. The van der Waals surface area contributed by atoms with E-state index in [1.807, 2.05) is 0 Å². The molecule has 2 rings (SSSR count). The van der Waals surface area contributed by atoms with Crippen LogP contribution in [0.1, 0.15) is 31.2 Å². The van der Waals surface area contributed by atoms with Crippen molar-refractivity contribution in [1.29, 1.82) is 0 Å². The van der Waals surface area contributed by atoms with E-state index in [-0.39, 0.29) is 5.82 Å². The summed E-state index contributed by atoms with van der Waals surface area (Å²) < 4.78 is 14.2. The molecule has 1 fully saturated rings. The molecule has 0 amide bonds. The fourth-order valence-corrected chi connectivity index (χ4v) is 3.24. The number of thioether (sulfide) groups is 1. The van der Waals surface area contributed by atoms with E-state index in [1.54, 1.807) is 18.4 Å². The Morgan fingerprint density at radius 2 is 2.00 bits per heavy atom. The first-order valence-electron chi connectivity index (χ1n) is 5.33. The smallest absolute Gasteiger partial charge is 0.144 e. The summed E-state index contributed by atoms with van der Waals surface area (Å²) in [6.45, 7) is 0. The van der Waals surface area contributed by atoms with E-state index in [1.165, 1.54) is 11.8 Å². The van der Waals surface area contributed by atoms with Gasteiger partial charge in [-0.2, -0.15) is 0 Å². The van der Waals surface area contributed by atoms with E-state index in [2.05, 4.69) is 0 Å². The lowest BCUT2D eigenvalue weighted by atomic mass is 9.92. The maximum absolute atomic E-state index is 14.2. The van der Waals surface area contributed by atoms with Gasteiger partial charge in [-0.25, -0.2) is 4.39 Å². The van der Waals surface area contributed by atoms with Gasteiger partial charge in [0, 0.05) is 5.56 Å². The Morgan fingerprint density at radius 1 is 1.38 bits per heavy atom. The first kappa shape index (κ1) is 12.2. The fraction of sp³-hybridized carbons (Fsp3) is 0.500. The summed E-state index contributed by atoms with van der Waals surface area (Å²) in [7, 11) is 0. The van der Waals surface area contributed by atoms with Crippen molar-refractivity contribution >= 4 is 23.4 Å². The minimum atomic E-state index is -0.987. The van der Waals surface area contributed by atoms with Gasteiger partial charge in [-0.1, -0.05) is 30.5 Å². The molecule has 0 bridgehead atoms. The average Bonchev–Trinajstić information content (AvgIpc) is 2.66. The molecule has 0 heterocycles. The highest BCUT2D eigenvalue weighted by Crippen LogP contribution is 2.42. The summed E-state index contributed by atoms with van der Waals surface area (Å²) in [5.41, 5.74) is -0.585. The summed E-state index contributed by atoms with van der Waals surface area (Å²) in [6.07, 6.45) is 4.96. The number of halogens is 2. The lowest BCUT2D eigenvalue weighted by Gasteiger charge is -2.24. The number of aliphatic hydroxyl groups is 1. The van der Waals surface area contributed by atoms with Crippen LogP contribution in [0, 0.1) is 5.82 Å². The van der Waals surface area contributed by atoms with Gasteiger partial charge >= 0.3 is 0 Å². The highest BCUT2D eigenvalue weighted by Gasteiger charge is 2.36. The molecule has 0 spiro atoms. The highest BCUT2D eigenvalue weighted by atomic mass is 35.5. The zero-order valence-electron chi connectivity index (χ0n) is 9.09. The topological polar surface area (TPSA) is 20.2 Å². The van der Waals surface area contributed by atoms with Gasteiger partial charge in [0.05, 0.1) is 15.5 Å². The SMILES string of the molecule is CSc1c(Cl)ccc(C2(O)CCCC2)c1F. The quantitative estimate of drug-likeness (QED) is 0.812. The zero-order valence-corrected chi connectivity index (χ0v) is 10.7. The van der Waals surface area contributed by atoms with Crippen LogP contribution >= 0.6 is 23.4 Å². The van der Waals surface area contributed by atoms with Crippen LogP contribution < -0.4 is 0 Å². The molecule has 4 heteroatoms. The van der Waals surface area contributed by atoms with Crippen LogP contribution in [-0.4, -0.2) is 11.4 Å². The van der Waals surface area contributed by atoms with Gasteiger partial charge in [-0.05, 0) is 25.2 Å². The highest BCUT2D eigenvalue weighted by molar-refractivity contribution is 7.98. The predicted octanol–water partition coefficient (Wildman–Crippen LogP) is 3.96. The Morgan fingerprint density at radius 3 is 2.56 bits per heavy atom. The summed E-state index contributed by atoms with van der Waals surface area (Å²) in [4.78, 5) is 0.430. The minimum Gasteiger partial charge on any atom is -0.385 e. The van der Waals surface area contributed by atoms with Crippen LogP contribution in [0.15, 0.2) is 17.0 Å². The second-order valence-corrected chi connectivity index (χ2v) is 5.40. The van der Waals surface area contributed by atoms with E-state index in [0.29, 0.717) is 28.3 Å². The summed E-state index contributed by atoms with van der Waals surface area (Å²) in [5.74, 6) is -0.357. The number of hydrogen-bond acceptors (Lipinski definition) is 2. The van der Waals surface area contributed by atoms with Crippen molar-refractivity contribution in [3.05, 3.63) is 28.5 Å². The van der Waals surface area contributed by atoms with Crippen molar-refractivity contribution in [2.75, 3.05) is 6.26 Å². The van der Waals surface area contributed by atoms with E-state index in [9.17, 15) is 9.50 Å². The maximum atomic E-state index is 14.2. The third-order valence-electron chi connectivity index (χ3n) is 3.19. The van der Waals surface area contributed by atoms with E-state index < -0.39 is 5.60 Å².